The van der Waals surface area contributed by atoms with Crippen LogP contribution in [0, 0.1) is 20.8 Å². The molecular formula is C15H31NO. The number of aliphatic hydroxyl groups is 1. The topological polar surface area (TPSA) is 33.1 Å². The van der Waals surface area contributed by atoms with Crippen LogP contribution in [-0.4, -0.2) is 10.1 Å². The summed E-state index contributed by atoms with van der Waals surface area (Å²) in [6.45, 7) is 18.0. The number of hydrogen-bond donors (Lipinski definition) is 1. The number of aryl methyl sites for hydroxylation is 3. The van der Waals surface area contributed by atoms with E-state index in [0.29, 0.717) is 0 Å². The lowest BCUT2D eigenvalue weighted by molar-refractivity contribution is 0.280. The van der Waals surface area contributed by atoms with Crippen LogP contribution in [0.1, 0.15) is 64.1 Å². The Bertz CT molecular complexity index is 270. The van der Waals surface area contributed by atoms with Crippen molar-refractivity contribution in [3.63, 3.8) is 0 Å². The molecule has 0 fully saturated rings. The largest absolute Gasteiger partial charge is 0.392 e. The molecule has 1 aromatic rings. The molecule has 0 saturated carbocycles. The van der Waals surface area contributed by atoms with Gasteiger partial charge in [0.15, 0.2) is 0 Å². The summed E-state index contributed by atoms with van der Waals surface area (Å²) in [5.74, 6) is 0. The number of rotatable bonds is 1. The maximum atomic E-state index is 8.89. The van der Waals surface area contributed by atoms with E-state index in [9.17, 15) is 0 Å². The van der Waals surface area contributed by atoms with Gasteiger partial charge in [0.25, 0.3) is 0 Å². The Balaban J connectivity index is -0.000000285. The quantitative estimate of drug-likeness (QED) is 0.780. The molecule has 0 aliphatic carbocycles. The summed E-state index contributed by atoms with van der Waals surface area (Å²) in [6, 6.07) is 1.98. The first kappa shape index (κ1) is 21.4. The molecule has 2 heteroatoms. The molecule has 0 amide bonds. The molecule has 0 radical (unpaired) electrons. The van der Waals surface area contributed by atoms with Crippen LogP contribution in [0.2, 0.25) is 0 Å². The first-order chi connectivity index (χ1) is 8.15. The smallest absolute Gasteiger partial charge is 0.0699 e. The molecule has 0 bridgehead atoms. The van der Waals surface area contributed by atoms with Crippen molar-refractivity contribution >= 4 is 0 Å². The number of aromatic nitrogens is 1. The minimum absolute atomic E-state index is 0.0833. The van der Waals surface area contributed by atoms with Gasteiger partial charge in [-0.2, -0.15) is 0 Å². The monoisotopic (exact) mass is 241 g/mol. The van der Waals surface area contributed by atoms with Gasteiger partial charge in [-0.1, -0.05) is 47.6 Å². The maximum Gasteiger partial charge on any atom is 0.0699 e. The molecule has 0 saturated heterocycles. The summed E-state index contributed by atoms with van der Waals surface area (Å²) in [7, 11) is 0. The van der Waals surface area contributed by atoms with Gasteiger partial charge in [0.1, 0.15) is 0 Å². The van der Waals surface area contributed by atoms with E-state index in [1.54, 1.807) is 0 Å². The minimum Gasteiger partial charge on any atom is -0.392 e. The van der Waals surface area contributed by atoms with Gasteiger partial charge < -0.3 is 5.11 Å². The Morgan fingerprint density at radius 3 is 1.65 bits per heavy atom. The van der Waals surface area contributed by atoms with Crippen LogP contribution in [0.3, 0.4) is 0 Å². The molecule has 17 heavy (non-hydrogen) atoms. The third kappa shape index (κ3) is 8.87. The van der Waals surface area contributed by atoms with Gasteiger partial charge >= 0.3 is 0 Å². The highest BCUT2D eigenvalue weighted by Crippen LogP contribution is 2.10. The van der Waals surface area contributed by atoms with E-state index in [4.69, 9.17) is 5.11 Å². The molecule has 0 aliphatic heterocycles. The molecule has 2 nitrogen and oxygen atoms in total. The summed E-state index contributed by atoms with van der Waals surface area (Å²) in [5, 5.41) is 8.89. The molecule has 0 unspecified atom stereocenters. The summed E-state index contributed by atoms with van der Waals surface area (Å²) in [6.07, 6.45) is 0. The summed E-state index contributed by atoms with van der Waals surface area (Å²) < 4.78 is 0. The fourth-order valence-electron chi connectivity index (χ4n) is 1.04. The van der Waals surface area contributed by atoms with E-state index in [0.717, 1.165) is 22.5 Å². The highest BCUT2D eigenvalue weighted by molar-refractivity contribution is 5.27. The average Bonchev–Trinajstić information content (AvgIpc) is 2.41. The van der Waals surface area contributed by atoms with Crippen LogP contribution in [0.5, 0.6) is 0 Å². The number of aliphatic hydroxyl groups excluding tert-OH is 1. The van der Waals surface area contributed by atoms with Gasteiger partial charge in [-0.3, -0.25) is 4.98 Å². The predicted octanol–water partition coefficient (Wildman–Crippen LogP) is 4.58. The SMILES string of the molecule is CC.CC.CC.Cc1cc(CO)c(C)nc1C. The third-order valence-electron chi connectivity index (χ3n) is 1.93. The van der Waals surface area contributed by atoms with E-state index in [-0.39, 0.29) is 6.61 Å². The Hall–Kier alpha value is -0.890. The molecule has 1 N–H and O–H groups in total. The second-order valence-electron chi connectivity index (χ2n) is 2.79. The molecule has 0 atom stereocenters. The van der Waals surface area contributed by atoms with Crippen molar-refractivity contribution in [2.75, 3.05) is 0 Å². The van der Waals surface area contributed by atoms with Crippen LogP contribution < -0.4 is 0 Å². The van der Waals surface area contributed by atoms with Gasteiger partial charge in [0, 0.05) is 11.4 Å². The van der Waals surface area contributed by atoms with Crippen LogP contribution in [-0.2, 0) is 6.61 Å². The second-order valence-corrected chi connectivity index (χ2v) is 2.79. The summed E-state index contributed by atoms with van der Waals surface area (Å²) >= 11 is 0. The normalized spacial score (nSPS) is 7.65. The second kappa shape index (κ2) is 15.1. The Labute approximate surface area is 108 Å². The average molecular weight is 241 g/mol. The fourth-order valence-corrected chi connectivity index (χ4v) is 1.04. The van der Waals surface area contributed by atoms with Gasteiger partial charge in [-0.15, -0.1) is 0 Å². The fraction of sp³-hybridized carbons (Fsp3) is 0.667. The molecular weight excluding hydrogens is 210 g/mol. The van der Waals surface area contributed by atoms with Gasteiger partial charge in [-0.25, -0.2) is 0 Å². The van der Waals surface area contributed by atoms with E-state index in [1.807, 2.05) is 68.4 Å². The Morgan fingerprint density at radius 2 is 1.29 bits per heavy atom. The standard InChI is InChI=1S/C9H13NO.3C2H6/c1-6-4-9(5-11)8(3)10-7(6)2;3*1-2/h4,11H,5H2,1-3H3;3*1-2H3. The van der Waals surface area contributed by atoms with Gasteiger partial charge in [0.2, 0.25) is 0 Å². The number of hydrogen-bond acceptors (Lipinski definition) is 2. The van der Waals surface area contributed by atoms with Crippen molar-refractivity contribution in [3.05, 3.63) is 28.6 Å². The van der Waals surface area contributed by atoms with E-state index in [2.05, 4.69) is 4.98 Å². The molecule has 0 aromatic carbocycles. The third-order valence-corrected chi connectivity index (χ3v) is 1.93. The maximum absolute atomic E-state index is 8.89. The van der Waals surface area contributed by atoms with Gasteiger partial charge in [-0.05, 0) is 31.9 Å². The Kier molecular flexibility index (Phi) is 19.0. The molecule has 0 spiro atoms. The zero-order valence-corrected chi connectivity index (χ0v) is 13.2. The summed E-state index contributed by atoms with van der Waals surface area (Å²) in [4.78, 5) is 4.28. The van der Waals surface area contributed by atoms with Crippen molar-refractivity contribution in [2.45, 2.75) is 68.9 Å². The van der Waals surface area contributed by atoms with Crippen LogP contribution in [0.15, 0.2) is 6.07 Å². The van der Waals surface area contributed by atoms with Crippen molar-refractivity contribution < 1.29 is 5.11 Å². The lowest BCUT2D eigenvalue weighted by Crippen LogP contribution is -1.96. The summed E-state index contributed by atoms with van der Waals surface area (Å²) in [5.41, 5.74) is 4.03. The van der Waals surface area contributed by atoms with E-state index in [1.165, 1.54) is 0 Å². The van der Waals surface area contributed by atoms with E-state index < -0.39 is 0 Å². The van der Waals surface area contributed by atoms with Crippen molar-refractivity contribution in [1.82, 2.24) is 4.98 Å². The highest BCUT2D eigenvalue weighted by Gasteiger charge is 2.00. The lowest BCUT2D eigenvalue weighted by atomic mass is 10.1. The van der Waals surface area contributed by atoms with Crippen LogP contribution in [0.4, 0.5) is 0 Å². The number of nitrogens with zero attached hydrogens (tertiary/aromatic N) is 1. The molecule has 1 heterocycles. The van der Waals surface area contributed by atoms with Crippen LogP contribution in [0.25, 0.3) is 0 Å². The van der Waals surface area contributed by atoms with E-state index >= 15 is 0 Å². The van der Waals surface area contributed by atoms with Gasteiger partial charge in [0.05, 0.1) is 6.61 Å². The predicted molar refractivity (Wildman–Crippen MR) is 78.4 cm³/mol. The molecule has 102 valence electrons. The van der Waals surface area contributed by atoms with Crippen molar-refractivity contribution in [2.24, 2.45) is 0 Å². The van der Waals surface area contributed by atoms with Crippen molar-refractivity contribution in [3.8, 4) is 0 Å². The lowest BCUT2D eigenvalue weighted by Gasteiger charge is -2.05. The zero-order chi connectivity index (χ0) is 14.4. The Morgan fingerprint density at radius 1 is 0.882 bits per heavy atom. The highest BCUT2D eigenvalue weighted by atomic mass is 16.3. The molecule has 0 aliphatic rings. The first-order valence-corrected chi connectivity index (χ1v) is 6.69. The molecule has 1 rings (SSSR count). The number of pyridine rings is 1. The first-order valence-electron chi connectivity index (χ1n) is 6.69. The van der Waals surface area contributed by atoms with Crippen LogP contribution >= 0.6 is 0 Å². The van der Waals surface area contributed by atoms with Crippen molar-refractivity contribution in [1.29, 1.82) is 0 Å². The minimum atomic E-state index is 0.0833. The zero-order valence-electron chi connectivity index (χ0n) is 13.2. The molecule has 1 aromatic heterocycles.